The molecule has 0 aliphatic heterocycles. The van der Waals surface area contributed by atoms with E-state index in [1.807, 2.05) is 6.92 Å². The van der Waals surface area contributed by atoms with Crippen molar-refractivity contribution in [1.29, 1.82) is 0 Å². The summed E-state index contributed by atoms with van der Waals surface area (Å²) in [6.07, 6.45) is 0.799. The first kappa shape index (κ1) is 17.1. The third-order valence-corrected chi connectivity index (χ3v) is 3.05. The fraction of sp³-hybridized carbons (Fsp3) is 0.625. The van der Waals surface area contributed by atoms with Crippen molar-refractivity contribution in [2.24, 2.45) is 5.73 Å². The second-order valence-corrected chi connectivity index (χ2v) is 5.02. The molecule has 0 bridgehead atoms. The SMILES string of the molecule is COCCOCCCOC(c1ccc(C)cc1)C(C)N. The molecule has 20 heavy (non-hydrogen) atoms. The van der Waals surface area contributed by atoms with Gasteiger partial charge in [0.1, 0.15) is 0 Å². The monoisotopic (exact) mass is 281 g/mol. The van der Waals surface area contributed by atoms with Crippen LogP contribution in [0.15, 0.2) is 24.3 Å². The molecule has 2 N–H and O–H groups in total. The van der Waals surface area contributed by atoms with Crippen LogP contribution in [0.5, 0.6) is 0 Å². The van der Waals surface area contributed by atoms with Crippen molar-refractivity contribution in [3.05, 3.63) is 35.4 Å². The summed E-state index contributed by atoms with van der Waals surface area (Å²) in [5, 5.41) is 0. The molecule has 1 aromatic carbocycles. The van der Waals surface area contributed by atoms with Crippen LogP contribution in [-0.2, 0) is 14.2 Å². The highest BCUT2D eigenvalue weighted by Gasteiger charge is 2.16. The minimum atomic E-state index is -0.0606. The number of benzene rings is 1. The maximum Gasteiger partial charge on any atom is 0.0972 e. The second kappa shape index (κ2) is 9.88. The first-order valence-corrected chi connectivity index (χ1v) is 7.15. The Morgan fingerprint density at radius 3 is 2.35 bits per heavy atom. The van der Waals surface area contributed by atoms with Crippen LogP contribution in [0.25, 0.3) is 0 Å². The summed E-state index contributed by atoms with van der Waals surface area (Å²) in [4.78, 5) is 0. The van der Waals surface area contributed by atoms with Gasteiger partial charge in [-0.15, -0.1) is 0 Å². The van der Waals surface area contributed by atoms with E-state index in [9.17, 15) is 0 Å². The molecule has 0 amide bonds. The average Bonchev–Trinajstić information content (AvgIpc) is 2.43. The molecule has 0 spiro atoms. The fourth-order valence-corrected chi connectivity index (χ4v) is 1.92. The van der Waals surface area contributed by atoms with Crippen LogP contribution in [0, 0.1) is 6.92 Å². The smallest absolute Gasteiger partial charge is 0.0972 e. The summed E-state index contributed by atoms with van der Waals surface area (Å²) in [7, 11) is 1.67. The number of aryl methyl sites for hydroxylation is 1. The number of rotatable bonds is 10. The predicted molar refractivity (Wildman–Crippen MR) is 80.8 cm³/mol. The molecular formula is C16H27NO3. The summed E-state index contributed by atoms with van der Waals surface area (Å²) in [6, 6.07) is 8.30. The highest BCUT2D eigenvalue weighted by atomic mass is 16.5. The lowest BCUT2D eigenvalue weighted by Crippen LogP contribution is -2.27. The van der Waals surface area contributed by atoms with Crippen LogP contribution < -0.4 is 5.73 Å². The van der Waals surface area contributed by atoms with Crippen molar-refractivity contribution in [2.45, 2.75) is 32.4 Å². The van der Waals surface area contributed by atoms with E-state index < -0.39 is 0 Å². The van der Waals surface area contributed by atoms with Crippen LogP contribution >= 0.6 is 0 Å². The maximum absolute atomic E-state index is 6.01. The van der Waals surface area contributed by atoms with Crippen molar-refractivity contribution in [2.75, 3.05) is 33.5 Å². The van der Waals surface area contributed by atoms with Gasteiger partial charge in [-0.25, -0.2) is 0 Å². The van der Waals surface area contributed by atoms with Crippen molar-refractivity contribution < 1.29 is 14.2 Å². The highest BCUT2D eigenvalue weighted by molar-refractivity contribution is 5.24. The van der Waals surface area contributed by atoms with Crippen LogP contribution in [0.2, 0.25) is 0 Å². The number of hydrogen-bond acceptors (Lipinski definition) is 4. The Kier molecular flexibility index (Phi) is 8.46. The minimum absolute atomic E-state index is 0.0351. The van der Waals surface area contributed by atoms with Gasteiger partial charge in [0.15, 0.2) is 0 Å². The van der Waals surface area contributed by atoms with Gasteiger partial charge in [-0.1, -0.05) is 29.8 Å². The van der Waals surface area contributed by atoms with E-state index in [0.29, 0.717) is 26.4 Å². The molecule has 0 heterocycles. The van der Waals surface area contributed by atoms with E-state index in [-0.39, 0.29) is 12.1 Å². The normalized spacial score (nSPS) is 14.2. The average molecular weight is 281 g/mol. The quantitative estimate of drug-likeness (QED) is 0.669. The van der Waals surface area contributed by atoms with E-state index in [2.05, 4.69) is 31.2 Å². The van der Waals surface area contributed by atoms with Gasteiger partial charge in [0.2, 0.25) is 0 Å². The van der Waals surface area contributed by atoms with Gasteiger partial charge in [0.25, 0.3) is 0 Å². The zero-order valence-corrected chi connectivity index (χ0v) is 12.8. The van der Waals surface area contributed by atoms with E-state index >= 15 is 0 Å². The molecule has 1 aromatic rings. The lowest BCUT2D eigenvalue weighted by Gasteiger charge is -2.22. The lowest BCUT2D eigenvalue weighted by atomic mass is 10.0. The Hall–Kier alpha value is -0.940. The summed E-state index contributed by atoms with van der Waals surface area (Å²) in [6.45, 7) is 6.64. The first-order chi connectivity index (χ1) is 9.65. The third kappa shape index (κ3) is 6.48. The van der Waals surface area contributed by atoms with Gasteiger partial charge < -0.3 is 19.9 Å². The molecule has 0 aromatic heterocycles. The number of ether oxygens (including phenoxy) is 3. The number of nitrogens with two attached hydrogens (primary N) is 1. The van der Waals surface area contributed by atoms with Gasteiger partial charge in [0.05, 0.1) is 19.3 Å². The molecule has 4 heteroatoms. The third-order valence-electron chi connectivity index (χ3n) is 3.05. The lowest BCUT2D eigenvalue weighted by molar-refractivity contribution is 0.0143. The summed E-state index contributed by atoms with van der Waals surface area (Å²) >= 11 is 0. The number of methoxy groups -OCH3 is 1. The Bertz CT molecular complexity index is 351. The van der Waals surface area contributed by atoms with E-state index in [1.54, 1.807) is 7.11 Å². The van der Waals surface area contributed by atoms with Crippen LogP contribution in [0.4, 0.5) is 0 Å². The Morgan fingerprint density at radius 2 is 1.75 bits per heavy atom. The second-order valence-electron chi connectivity index (χ2n) is 5.02. The molecule has 0 aliphatic carbocycles. The molecular weight excluding hydrogens is 254 g/mol. The van der Waals surface area contributed by atoms with Gasteiger partial charge >= 0.3 is 0 Å². The van der Waals surface area contributed by atoms with Crippen molar-refractivity contribution >= 4 is 0 Å². The molecule has 0 aliphatic rings. The molecule has 0 radical (unpaired) electrons. The zero-order chi connectivity index (χ0) is 14.8. The van der Waals surface area contributed by atoms with Crippen LogP contribution in [-0.4, -0.2) is 39.6 Å². The molecule has 0 fully saturated rings. The molecule has 4 nitrogen and oxygen atoms in total. The predicted octanol–water partition coefficient (Wildman–Crippen LogP) is 2.45. The topological polar surface area (TPSA) is 53.7 Å². The molecule has 1 rings (SSSR count). The molecule has 2 atom stereocenters. The first-order valence-electron chi connectivity index (χ1n) is 7.15. The van der Waals surface area contributed by atoms with E-state index in [0.717, 1.165) is 12.0 Å². The maximum atomic E-state index is 6.01. The van der Waals surface area contributed by atoms with E-state index in [4.69, 9.17) is 19.9 Å². The summed E-state index contributed by atoms with van der Waals surface area (Å²) in [5.41, 5.74) is 8.38. The minimum Gasteiger partial charge on any atom is -0.382 e. The number of hydrogen-bond donors (Lipinski definition) is 1. The van der Waals surface area contributed by atoms with Gasteiger partial charge in [-0.05, 0) is 25.8 Å². The van der Waals surface area contributed by atoms with Crippen molar-refractivity contribution in [3.8, 4) is 0 Å². The van der Waals surface area contributed by atoms with Crippen molar-refractivity contribution in [1.82, 2.24) is 0 Å². The Balaban J connectivity index is 2.31. The zero-order valence-electron chi connectivity index (χ0n) is 12.8. The standard InChI is InChI=1S/C16H27NO3/c1-13-5-7-15(8-6-13)16(14(2)17)20-10-4-9-19-12-11-18-3/h5-8,14,16H,4,9-12,17H2,1-3H3. The van der Waals surface area contributed by atoms with Crippen molar-refractivity contribution in [3.63, 3.8) is 0 Å². The summed E-state index contributed by atoms with van der Waals surface area (Å²) in [5.74, 6) is 0. The van der Waals surface area contributed by atoms with E-state index in [1.165, 1.54) is 5.56 Å². The van der Waals surface area contributed by atoms with Gasteiger partial charge in [-0.2, -0.15) is 0 Å². The van der Waals surface area contributed by atoms with Gasteiger partial charge in [0, 0.05) is 26.4 Å². The molecule has 0 saturated heterocycles. The molecule has 0 saturated carbocycles. The largest absolute Gasteiger partial charge is 0.382 e. The summed E-state index contributed by atoms with van der Waals surface area (Å²) < 4.78 is 16.2. The van der Waals surface area contributed by atoms with Crippen LogP contribution in [0.3, 0.4) is 0 Å². The highest BCUT2D eigenvalue weighted by Crippen LogP contribution is 2.21. The molecule has 2 unspecified atom stereocenters. The fourth-order valence-electron chi connectivity index (χ4n) is 1.92. The van der Waals surface area contributed by atoms with Gasteiger partial charge in [-0.3, -0.25) is 0 Å². The van der Waals surface area contributed by atoms with Crippen LogP contribution in [0.1, 0.15) is 30.6 Å². The molecule has 114 valence electrons. The Labute approximate surface area is 122 Å². The Morgan fingerprint density at radius 1 is 1.05 bits per heavy atom.